The van der Waals surface area contributed by atoms with E-state index < -0.39 is 0 Å². The van der Waals surface area contributed by atoms with Gasteiger partial charge in [-0.1, -0.05) is 141 Å². The zero-order chi connectivity index (χ0) is 35.6. The number of benzene rings is 8. The highest BCUT2D eigenvalue weighted by Crippen LogP contribution is 2.42. The van der Waals surface area contributed by atoms with E-state index >= 15 is 0 Å². The van der Waals surface area contributed by atoms with Gasteiger partial charge in [0.05, 0.1) is 14.2 Å². The minimum absolute atomic E-state index is 0.0359. The lowest BCUT2D eigenvalue weighted by Gasteiger charge is -2.27. The summed E-state index contributed by atoms with van der Waals surface area (Å²) in [6, 6.07) is 42.9. The number of hydrogen-bond donors (Lipinski definition) is 0. The molecule has 0 saturated heterocycles. The molecule has 8 aromatic rings. The molecule has 0 amide bonds. The number of hydrogen-bond acceptors (Lipinski definition) is 2. The molecule has 8 rings (SSSR count). The van der Waals surface area contributed by atoms with E-state index in [1.165, 1.54) is 104 Å². The monoisotopic (exact) mass is 662 g/mol. The molecular weight excluding hydrogens is 619 g/mol. The molecule has 0 spiro atoms. The molecule has 0 aliphatic heterocycles. The van der Waals surface area contributed by atoms with E-state index in [1.54, 1.807) is 14.2 Å². The fourth-order valence-electron chi connectivity index (χ4n) is 8.94. The quantitative estimate of drug-likeness (QED) is 0.125. The van der Waals surface area contributed by atoms with Crippen molar-refractivity contribution in [1.82, 2.24) is 0 Å². The van der Waals surface area contributed by atoms with Gasteiger partial charge >= 0.3 is 0 Å². The molecule has 0 fully saturated rings. The topological polar surface area (TPSA) is 18.5 Å². The highest BCUT2D eigenvalue weighted by molar-refractivity contribution is 6.98. The summed E-state index contributed by atoms with van der Waals surface area (Å²) in [7, 11) is 3.45. The highest BCUT2D eigenvalue weighted by Gasteiger charge is 2.31. The molecule has 0 saturated carbocycles. The van der Waals surface area contributed by atoms with Crippen LogP contribution in [0.15, 0.2) is 115 Å². The minimum atomic E-state index is 0.0359. The van der Waals surface area contributed by atoms with E-state index in [0.717, 1.165) is 11.5 Å². The van der Waals surface area contributed by atoms with Gasteiger partial charge in [0.2, 0.25) is 6.71 Å². The Hall–Kier alpha value is -5.54. The summed E-state index contributed by atoms with van der Waals surface area (Å²) in [5.74, 6) is 1.72. The van der Waals surface area contributed by atoms with Crippen molar-refractivity contribution in [2.24, 2.45) is 0 Å². The first-order valence-electron chi connectivity index (χ1n) is 17.9. The second-order valence-electron chi connectivity index (χ2n) is 14.4. The van der Waals surface area contributed by atoms with Gasteiger partial charge in [0.1, 0.15) is 11.5 Å². The minimum Gasteiger partial charge on any atom is -0.497 e. The summed E-state index contributed by atoms with van der Waals surface area (Å²) in [5, 5.41) is 7.70. The van der Waals surface area contributed by atoms with Crippen molar-refractivity contribution < 1.29 is 9.47 Å². The molecular formula is C48H43BO2. The molecule has 0 unspecified atom stereocenters. The van der Waals surface area contributed by atoms with Crippen molar-refractivity contribution in [3.05, 3.63) is 149 Å². The van der Waals surface area contributed by atoms with Crippen LogP contribution in [-0.4, -0.2) is 20.9 Å². The Labute approximate surface area is 302 Å². The van der Waals surface area contributed by atoms with Crippen molar-refractivity contribution >= 4 is 55.4 Å². The molecule has 0 heterocycles. The van der Waals surface area contributed by atoms with Gasteiger partial charge in [-0.15, -0.1) is 0 Å². The molecule has 3 heteroatoms. The third-order valence-electron chi connectivity index (χ3n) is 11.0. The van der Waals surface area contributed by atoms with Crippen molar-refractivity contribution in [2.45, 2.75) is 41.5 Å². The smallest absolute Gasteiger partial charge is 0.243 e. The van der Waals surface area contributed by atoms with Crippen LogP contribution in [0.2, 0.25) is 0 Å². The second kappa shape index (κ2) is 12.7. The van der Waals surface area contributed by atoms with Crippen molar-refractivity contribution in [3.8, 4) is 33.8 Å². The molecule has 51 heavy (non-hydrogen) atoms. The molecule has 8 aromatic carbocycles. The fourth-order valence-corrected chi connectivity index (χ4v) is 8.94. The Morgan fingerprint density at radius 3 is 1.35 bits per heavy atom. The van der Waals surface area contributed by atoms with Crippen molar-refractivity contribution in [3.63, 3.8) is 0 Å². The lowest BCUT2D eigenvalue weighted by molar-refractivity contribution is 0.415. The van der Waals surface area contributed by atoms with Gasteiger partial charge in [0, 0.05) is 0 Å². The maximum Gasteiger partial charge on any atom is 0.243 e. The van der Waals surface area contributed by atoms with Crippen LogP contribution in [0, 0.1) is 41.5 Å². The first-order valence-corrected chi connectivity index (χ1v) is 17.9. The summed E-state index contributed by atoms with van der Waals surface area (Å²) in [6.07, 6.45) is 0. The Morgan fingerprint density at radius 1 is 0.412 bits per heavy atom. The third-order valence-corrected chi connectivity index (χ3v) is 11.0. The molecule has 0 aliphatic carbocycles. The Balaban J connectivity index is 1.54. The highest BCUT2D eigenvalue weighted by atomic mass is 16.5. The van der Waals surface area contributed by atoms with Crippen molar-refractivity contribution in [2.75, 3.05) is 14.2 Å². The third kappa shape index (κ3) is 5.43. The number of ether oxygens (including phenoxy) is 2. The standard InChI is InChI=1S/C48H43BO2/c1-28-23-30(3)47(31(4)24-28)49(48-32(5)25-29(2)26-33(48)6)44-27-43(35-11-17-38(51-8)18-12-35)41-20-14-36-13-19-39(34-9-15-37(50-7)16-10-34)40-21-22-42(44)46(41)45(36)40/h9-27H,1-8H3. The summed E-state index contributed by atoms with van der Waals surface area (Å²) >= 11 is 0. The van der Waals surface area contributed by atoms with E-state index in [9.17, 15) is 0 Å². The Morgan fingerprint density at radius 2 is 0.843 bits per heavy atom. The van der Waals surface area contributed by atoms with Gasteiger partial charge in [0.25, 0.3) is 0 Å². The fraction of sp³-hybridized carbons (Fsp3) is 0.167. The largest absolute Gasteiger partial charge is 0.497 e. The molecule has 250 valence electrons. The average Bonchev–Trinajstić information content (AvgIpc) is 3.12. The zero-order valence-corrected chi connectivity index (χ0v) is 30.9. The number of methoxy groups -OCH3 is 2. The van der Waals surface area contributed by atoms with Gasteiger partial charge < -0.3 is 9.47 Å². The molecule has 0 aromatic heterocycles. The van der Waals surface area contributed by atoms with Crippen LogP contribution < -0.4 is 25.9 Å². The molecule has 0 atom stereocenters. The SMILES string of the molecule is COc1ccc(-c2ccc3ccc4c(-c5ccc(OC)cc5)cc(B(c5c(C)cc(C)cc5C)c5c(C)cc(C)cc5C)c5ccc2c3c54)cc1. The van der Waals surface area contributed by atoms with Crippen LogP contribution in [-0.2, 0) is 0 Å². The molecule has 0 bridgehead atoms. The predicted octanol–water partition coefficient (Wildman–Crippen LogP) is 10.3. The maximum atomic E-state index is 5.60. The number of rotatable bonds is 7. The van der Waals surface area contributed by atoms with E-state index in [4.69, 9.17) is 9.47 Å². The van der Waals surface area contributed by atoms with Gasteiger partial charge in [-0.05, 0) is 120 Å². The molecule has 0 radical (unpaired) electrons. The Bertz CT molecular complexity index is 2490. The number of aryl methyl sites for hydroxylation is 6. The van der Waals surface area contributed by atoms with Gasteiger partial charge in [-0.2, -0.15) is 0 Å². The van der Waals surface area contributed by atoms with Gasteiger partial charge in [-0.25, -0.2) is 0 Å². The van der Waals surface area contributed by atoms with Crippen LogP contribution >= 0.6 is 0 Å². The van der Waals surface area contributed by atoms with Crippen LogP contribution in [0.3, 0.4) is 0 Å². The molecule has 0 N–H and O–H groups in total. The lowest BCUT2D eigenvalue weighted by Crippen LogP contribution is -2.56. The molecule has 0 aliphatic rings. The summed E-state index contributed by atoms with van der Waals surface area (Å²) in [5.41, 5.74) is 16.9. The normalized spacial score (nSPS) is 11.5. The van der Waals surface area contributed by atoms with Crippen molar-refractivity contribution in [1.29, 1.82) is 0 Å². The van der Waals surface area contributed by atoms with E-state index in [1.807, 2.05) is 0 Å². The Kier molecular flexibility index (Phi) is 8.11. The first kappa shape index (κ1) is 32.7. The van der Waals surface area contributed by atoms with Gasteiger partial charge in [0.15, 0.2) is 0 Å². The average molecular weight is 663 g/mol. The molecule has 2 nitrogen and oxygen atoms in total. The summed E-state index contributed by atoms with van der Waals surface area (Å²) in [4.78, 5) is 0. The first-order chi connectivity index (χ1) is 24.7. The van der Waals surface area contributed by atoms with Crippen LogP contribution in [0.25, 0.3) is 54.6 Å². The lowest BCUT2D eigenvalue weighted by atomic mass is 9.33. The van der Waals surface area contributed by atoms with Crippen LogP contribution in [0.4, 0.5) is 0 Å². The summed E-state index contributed by atoms with van der Waals surface area (Å²) < 4.78 is 11.1. The second-order valence-corrected chi connectivity index (χ2v) is 14.4. The van der Waals surface area contributed by atoms with E-state index in [-0.39, 0.29) is 6.71 Å². The zero-order valence-electron chi connectivity index (χ0n) is 30.9. The van der Waals surface area contributed by atoms with Crippen LogP contribution in [0.1, 0.15) is 33.4 Å². The van der Waals surface area contributed by atoms with Gasteiger partial charge in [-0.3, -0.25) is 0 Å². The predicted molar refractivity (Wildman–Crippen MR) is 220 cm³/mol. The summed E-state index contributed by atoms with van der Waals surface area (Å²) in [6.45, 7) is 13.6. The van der Waals surface area contributed by atoms with E-state index in [2.05, 4.69) is 157 Å². The van der Waals surface area contributed by atoms with Crippen LogP contribution in [0.5, 0.6) is 11.5 Å². The maximum absolute atomic E-state index is 5.60. The van der Waals surface area contributed by atoms with E-state index in [0.29, 0.717) is 0 Å².